The van der Waals surface area contributed by atoms with Gasteiger partial charge in [-0.15, -0.1) is 0 Å². The molecule has 2 saturated carbocycles. The van der Waals surface area contributed by atoms with Crippen LogP contribution >= 0.6 is 0 Å². The lowest BCUT2D eigenvalue weighted by molar-refractivity contribution is 0.357. The van der Waals surface area contributed by atoms with Gasteiger partial charge in [0.05, 0.1) is 24.4 Å². The molecule has 0 bridgehead atoms. The summed E-state index contributed by atoms with van der Waals surface area (Å²) in [6.45, 7) is 5.25. The van der Waals surface area contributed by atoms with Crippen LogP contribution in [0.1, 0.15) is 51.4 Å². The van der Waals surface area contributed by atoms with Gasteiger partial charge in [-0.05, 0) is 62.4 Å². The lowest BCUT2D eigenvalue weighted by Gasteiger charge is -2.33. The van der Waals surface area contributed by atoms with E-state index in [1.165, 1.54) is 63.5 Å². The molecule has 2 aliphatic carbocycles. The lowest BCUT2D eigenvalue weighted by atomic mass is 9.87. The van der Waals surface area contributed by atoms with E-state index >= 15 is 0 Å². The van der Waals surface area contributed by atoms with Gasteiger partial charge >= 0.3 is 0 Å². The molecule has 4 aliphatic rings. The Labute approximate surface area is 243 Å². The van der Waals surface area contributed by atoms with Gasteiger partial charge < -0.3 is 9.47 Å². The van der Waals surface area contributed by atoms with Crippen LogP contribution < -0.4 is 20.7 Å². The average molecular weight is 567 g/mol. The van der Waals surface area contributed by atoms with Gasteiger partial charge in [0.25, 0.3) is 0 Å². The van der Waals surface area contributed by atoms with Gasteiger partial charge in [-0.3, -0.25) is 0 Å². The predicted molar refractivity (Wildman–Crippen MR) is 172 cm³/mol. The fraction of sp³-hybridized carbons (Fsp3) is 0.500. The molecule has 3 aromatic rings. The van der Waals surface area contributed by atoms with E-state index < -0.39 is 16.1 Å². The van der Waals surface area contributed by atoms with Gasteiger partial charge in [0, 0.05) is 0 Å². The quantitative estimate of drug-likeness (QED) is 0.223. The van der Waals surface area contributed by atoms with Gasteiger partial charge in [-0.1, -0.05) is 132 Å². The second-order valence-electron chi connectivity index (χ2n) is 13.8. The molecule has 210 valence electrons. The van der Waals surface area contributed by atoms with Crippen LogP contribution in [0.15, 0.2) is 84.9 Å². The number of hydrogen-bond donors (Lipinski definition) is 0. The third-order valence-corrected chi connectivity index (χ3v) is 20.3. The van der Waals surface area contributed by atoms with Crippen molar-refractivity contribution in [1.82, 2.24) is 0 Å². The van der Waals surface area contributed by atoms with Crippen molar-refractivity contribution in [3.8, 4) is 0 Å². The molecule has 2 nitrogen and oxygen atoms in total. The second-order valence-corrected chi connectivity index (χ2v) is 22.5. The molecular formula is C36H46O2Si2. The molecule has 0 spiro atoms. The summed E-state index contributed by atoms with van der Waals surface area (Å²) >= 11 is 0. The monoisotopic (exact) mass is 566 g/mol. The number of benzene rings is 3. The summed E-state index contributed by atoms with van der Waals surface area (Å²) in [6, 6.07) is 35.8. The first kappa shape index (κ1) is 26.9. The highest BCUT2D eigenvalue weighted by molar-refractivity contribution is 7.02. The maximum atomic E-state index is 5.87. The highest BCUT2D eigenvalue weighted by Crippen LogP contribution is 2.42. The summed E-state index contributed by atoms with van der Waals surface area (Å²) in [6.07, 6.45) is 12.9. The fourth-order valence-corrected chi connectivity index (χ4v) is 15.7. The Morgan fingerprint density at radius 1 is 0.500 bits per heavy atom. The van der Waals surface area contributed by atoms with E-state index in [0.29, 0.717) is 24.4 Å². The van der Waals surface area contributed by atoms with E-state index in [2.05, 4.69) is 98.0 Å². The highest BCUT2D eigenvalue weighted by Gasteiger charge is 2.45. The van der Waals surface area contributed by atoms with Crippen molar-refractivity contribution in [2.45, 2.75) is 101 Å². The van der Waals surface area contributed by atoms with Crippen LogP contribution in [0.25, 0.3) is 0 Å². The number of ether oxygens (including phenoxy) is 2. The lowest BCUT2D eigenvalue weighted by Crippen LogP contribution is -2.58. The third kappa shape index (κ3) is 5.45. The molecule has 2 heterocycles. The molecule has 4 heteroatoms. The van der Waals surface area contributed by atoms with Crippen molar-refractivity contribution in [2.75, 3.05) is 0 Å². The maximum Gasteiger partial charge on any atom is 0.115 e. The largest absolute Gasteiger partial charge is 0.370 e. The van der Waals surface area contributed by atoms with E-state index in [1.807, 2.05) is 0 Å². The fourth-order valence-electron chi connectivity index (χ4n) is 8.21. The summed E-state index contributed by atoms with van der Waals surface area (Å²) < 4.78 is 11.7. The first-order chi connectivity index (χ1) is 19.5. The first-order valence-corrected chi connectivity index (χ1v) is 21.5. The van der Waals surface area contributed by atoms with Crippen molar-refractivity contribution >= 4 is 36.9 Å². The van der Waals surface area contributed by atoms with Gasteiger partial charge in [0.1, 0.15) is 16.1 Å². The van der Waals surface area contributed by atoms with Crippen molar-refractivity contribution in [3.05, 3.63) is 84.9 Å². The number of fused-ring (bicyclic) bond motifs is 2. The SMILES string of the molecule is C[Si](CCC1CCC2OC2C1)(c1ccccc1)c1ccc([Si](C)(CCC2CCC3OC3C2)c2ccccc2)cc1. The van der Waals surface area contributed by atoms with Gasteiger partial charge in [-0.2, -0.15) is 0 Å². The zero-order valence-corrected chi connectivity index (χ0v) is 26.4. The van der Waals surface area contributed by atoms with Crippen molar-refractivity contribution in [1.29, 1.82) is 0 Å². The topological polar surface area (TPSA) is 25.1 Å². The molecule has 8 atom stereocenters. The van der Waals surface area contributed by atoms with Crippen molar-refractivity contribution in [3.63, 3.8) is 0 Å². The van der Waals surface area contributed by atoms with Crippen LogP contribution in [-0.2, 0) is 9.47 Å². The Balaban J connectivity index is 1.14. The maximum absolute atomic E-state index is 5.87. The molecule has 0 aromatic heterocycles. The smallest absolute Gasteiger partial charge is 0.115 e. The highest BCUT2D eigenvalue weighted by atomic mass is 28.3. The van der Waals surface area contributed by atoms with E-state index in [0.717, 1.165) is 11.8 Å². The van der Waals surface area contributed by atoms with Crippen LogP contribution in [0.3, 0.4) is 0 Å². The van der Waals surface area contributed by atoms with Crippen LogP contribution in [0.2, 0.25) is 25.2 Å². The predicted octanol–water partition coefficient (Wildman–Crippen LogP) is 5.99. The molecule has 2 saturated heterocycles. The minimum Gasteiger partial charge on any atom is -0.370 e. The molecule has 3 aromatic carbocycles. The summed E-state index contributed by atoms with van der Waals surface area (Å²) in [5.74, 6) is 1.67. The summed E-state index contributed by atoms with van der Waals surface area (Å²) in [4.78, 5) is 0. The molecule has 8 unspecified atom stereocenters. The molecule has 0 N–H and O–H groups in total. The Hall–Kier alpha value is -1.99. The number of hydrogen-bond acceptors (Lipinski definition) is 2. The zero-order chi connectivity index (χ0) is 27.2. The van der Waals surface area contributed by atoms with Crippen LogP contribution in [0, 0.1) is 11.8 Å². The van der Waals surface area contributed by atoms with Crippen LogP contribution in [0.4, 0.5) is 0 Å². The standard InChI is InChI=1S/C36H46O2Si2/c1-39(29-9-5-3-6-10-29,23-21-27-13-19-33-35(25-27)37-33)31-15-17-32(18-16-31)40(2,30-11-7-4-8-12-30)24-22-28-14-20-34-36(26-28)38-34/h3-12,15-18,27-28,33-36H,13-14,19-26H2,1-2H3. The molecule has 7 rings (SSSR count). The Kier molecular flexibility index (Phi) is 7.40. The molecule has 40 heavy (non-hydrogen) atoms. The van der Waals surface area contributed by atoms with Crippen molar-refractivity contribution in [2.24, 2.45) is 11.8 Å². The van der Waals surface area contributed by atoms with Crippen LogP contribution in [0.5, 0.6) is 0 Å². The summed E-state index contributed by atoms with van der Waals surface area (Å²) in [5, 5.41) is 6.37. The summed E-state index contributed by atoms with van der Waals surface area (Å²) in [5.41, 5.74) is 0. The van der Waals surface area contributed by atoms with Gasteiger partial charge in [-0.25, -0.2) is 0 Å². The molecular weight excluding hydrogens is 521 g/mol. The zero-order valence-electron chi connectivity index (χ0n) is 24.4. The summed E-state index contributed by atoms with van der Waals surface area (Å²) in [7, 11) is -3.69. The van der Waals surface area contributed by atoms with E-state index in [9.17, 15) is 0 Å². The molecule has 4 fully saturated rings. The third-order valence-electron chi connectivity index (χ3n) is 11.3. The van der Waals surface area contributed by atoms with E-state index in [-0.39, 0.29) is 0 Å². The Bertz CT molecular complexity index is 1180. The van der Waals surface area contributed by atoms with Crippen molar-refractivity contribution < 1.29 is 9.47 Å². The van der Waals surface area contributed by atoms with E-state index in [4.69, 9.17) is 9.47 Å². The van der Waals surface area contributed by atoms with E-state index in [1.54, 1.807) is 20.7 Å². The minimum atomic E-state index is -1.84. The second kappa shape index (κ2) is 11.0. The normalized spacial score (nSPS) is 31.8. The minimum absolute atomic E-state index is 0.579. The molecule has 0 amide bonds. The molecule has 2 aliphatic heterocycles. The number of rotatable bonds is 10. The first-order valence-electron chi connectivity index (χ1n) is 16.0. The molecule has 0 radical (unpaired) electrons. The number of epoxide rings is 2. The van der Waals surface area contributed by atoms with Crippen LogP contribution in [-0.4, -0.2) is 40.6 Å². The average Bonchev–Trinajstić information content (AvgIpc) is 3.94. The Morgan fingerprint density at radius 2 is 0.875 bits per heavy atom. The van der Waals surface area contributed by atoms with Gasteiger partial charge in [0.15, 0.2) is 0 Å². The van der Waals surface area contributed by atoms with Gasteiger partial charge in [0.2, 0.25) is 0 Å². The Morgan fingerprint density at radius 3 is 1.25 bits per heavy atom.